The maximum atomic E-state index is 11.6. The summed E-state index contributed by atoms with van der Waals surface area (Å²) in [5.41, 5.74) is 4.84. The van der Waals surface area contributed by atoms with Gasteiger partial charge in [0.2, 0.25) is 5.91 Å². The first-order valence-electron chi connectivity index (χ1n) is 6.51. The number of thioether (sulfide) groups is 1. The molecule has 0 heterocycles. The van der Waals surface area contributed by atoms with Crippen LogP contribution in [0.5, 0.6) is 0 Å². The van der Waals surface area contributed by atoms with Crippen molar-refractivity contribution in [3.05, 3.63) is 0 Å². The van der Waals surface area contributed by atoms with E-state index >= 15 is 0 Å². The molecule has 0 rings (SSSR count). The molecule has 0 aliphatic rings. The Morgan fingerprint density at radius 2 is 1.94 bits per heavy atom. The van der Waals surface area contributed by atoms with Crippen molar-refractivity contribution in [2.75, 3.05) is 12.4 Å². The Bertz CT molecular complexity index is 261. The van der Waals surface area contributed by atoms with Crippen LogP contribution >= 0.6 is 11.8 Å². The molecule has 0 aromatic carbocycles. The summed E-state index contributed by atoms with van der Waals surface area (Å²) in [5.74, 6) is 0.878. The van der Waals surface area contributed by atoms with E-state index in [4.69, 9.17) is 10.8 Å². The maximum Gasteiger partial charge on any atom is 0.237 e. The Hall–Kier alpha value is -0.260. The van der Waals surface area contributed by atoms with Gasteiger partial charge in [0.25, 0.3) is 0 Å². The first-order chi connectivity index (χ1) is 8.21. The highest BCUT2D eigenvalue weighted by Crippen LogP contribution is 2.24. The van der Waals surface area contributed by atoms with Crippen LogP contribution in [-0.4, -0.2) is 40.2 Å². The van der Waals surface area contributed by atoms with Crippen molar-refractivity contribution in [3.63, 3.8) is 0 Å². The quantitative estimate of drug-likeness (QED) is 0.594. The molecule has 0 saturated carbocycles. The van der Waals surface area contributed by atoms with Gasteiger partial charge in [-0.1, -0.05) is 13.8 Å². The lowest BCUT2D eigenvalue weighted by Gasteiger charge is -2.32. The molecule has 0 aliphatic heterocycles. The van der Waals surface area contributed by atoms with Gasteiger partial charge in [-0.05, 0) is 38.9 Å². The number of aliphatic hydroxyl groups is 1. The third-order valence-electron chi connectivity index (χ3n) is 2.82. The second-order valence-corrected chi connectivity index (χ2v) is 7.10. The zero-order chi connectivity index (χ0) is 14.3. The van der Waals surface area contributed by atoms with Crippen LogP contribution in [0.25, 0.3) is 0 Å². The molecule has 0 bridgehead atoms. The van der Waals surface area contributed by atoms with Gasteiger partial charge in [0.05, 0.1) is 5.54 Å². The van der Waals surface area contributed by atoms with Crippen LogP contribution in [0.4, 0.5) is 0 Å². The highest BCUT2D eigenvalue weighted by molar-refractivity contribution is 7.99. The van der Waals surface area contributed by atoms with E-state index in [0.717, 1.165) is 5.75 Å². The molecule has 3 unspecified atom stereocenters. The minimum Gasteiger partial charge on any atom is -0.396 e. The Balaban J connectivity index is 4.36. The smallest absolute Gasteiger partial charge is 0.237 e. The molecule has 0 aliphatic carbocycles. The normalized spacial score (nSPS) is 18.4. The third kappa shape index (κ3) is 6.61. The first kappa shape index (κ1) is 17.7. The molecule has 108 valence electrons. The molecule has 0 spiro atoms. The van der Waals surface area contributed by atoms with Crippen molar-refractivity contribution in [3.8, 4) is 0 Å². The zero-order valence-corrected chi connectivity index (χ0v) is 13.0. The molecular weight excluding hydrogens is 248 g/mol. The molecule has 0 saturated heterocycles. The molecule has 4 N–H and O–H groups in total. The number of primary amides is 1. The number of hydrogen-bond acceptors (Lipinski definition) is 4. The van der Waals surface area contributed by atoms with Crippen molar-refractivity contribution < 1.29 is 9.90 Å². The average molecular weight is 276 g/mol. The largest absolute Gasteiger partial charge is 0.396 e. The van der Waals surface area contributed by atoms with Gasteiger partial charge in [0.1, 0.15) is 0 Å². The molecule has 1 amide bonds. The Morgan fingerprint density at radius 1 is 1.39 bits per heavy atom. The second-order valence-electron chi connectivity index (χ2n) is 5.63. The summed E-state index contributed by atoms with van der Waals surface area (Å²) in [6, 6.07) is 0.219. The molecule has 3 atom stereocenters. The molecule has 0 fully saturated rings. The predicted octanol–water partition coefficient (Wildman–Crippen LogP) is 1.37. The van der Waals surface area contributed by atoms with Crippen LogP contribution in [0, 0.1) is 5.92 Å². The van der Waals surface area contributed by atoms with Gasteiger partial charge in [-0.15, -0.1) is 0 Å². The standard InChI is InChI=1S/C13H28N2O2S/c1-9(2)15-13(5,12(14)17)6-11(4)18-8-10(3)7-16/h9-11,15-16H,6-8H2,1-5H3,(H2,14,17). The Kier molecular flexibility index (Phi) is 7.90. The van der Waals surface area contributed by atoms with Gasteiger partial charge < -0.3 is 16.2 Å². The lowest BCUT2D eigenvalue weighted by molar-refractivity contribution is -0.124. The van der Waals surface area contributed by atoms with Crippen molar-refractivity contribution in [1.29, 1.82) is 0 Å². The highest BCUT2D eigenvalue weighted by atomic mass is 32.2. The van der Waals surface area contributed by atoms with E-state index in [1.54, 1.807) is 11.8 Å². The number of carbonyl (C=O) groups excluding carboxylic acids is 1. The fraction of sp³-hybridized carbons (Fsp3) is 0.923. The van der Waals surface area contributed by atoms with Gasteiger partial charge in [0, 0.05) is 17.9 Å². The van der Waals surface area contributed by atoms with E-state index in [0.29, 0.717) is 11.7 Å². The minimum atomic E-state index is -0.664. The Morgan fingerprint density at radius 3 is 2.33 bits per heavy atom. The van der Waals surface area contributed by atoms with Crippen molar-refractivity contribution >= 4 is 17.7 Å². The summed E-state index contributed by atoms with van der Waals surface area (Å²) in [6.45, 7) is 10.2. The molecule has 5 heteroatoms. The van der Waals surface area contributed by atoms with Gasteiger partial charge in [-0.25, -0.2) is 0 Å². The number of rotatable bonds is 9. The molecule has 18 heavy (non-hydrogen) atoms. The average Bonchev–Trinajstić information content (AvgIpc) is 2.24. The zero-order valence-electron chi connectivity index (χ0n) is 12.2. The predicted molar refractivity (Wildman–Crippen MR) is 78.7 cm³/mol. The Labute approximate surface area is 115 Å². The molecule has 0 aromatic heterocycles. The fourth-order valence-electron chi connectivity index (χ4n) is 1.88. The summed E-state index contributed by atoms with van der Waals surface area (Å²) in [5, 5.41) is 12.6. The van der Waals surface area contributed by atoms with Crippen molar-refractivity contribution in [1.82, 2.24) is 5.32 Å². The highest BCUT2D eigenvalue weighted by Gasteiger charge is 2.33. The van der Waals surface area contributed by atoms with Crippen LogP contribution in [0.1, 0.15) is 41.0 Å². The molecular formula is C13H28N2O2S. The summed E-state index contributed by atoms with van der Waals surface area (Å²) < 4.78 is 0. The second kappa shape index (κ2) is 8.02. The molecule has 0 aromatic rings. The van der Waals surface area contributed by atoms with Crippen molar-refractivity contribution in [2.24, 2.45) is 11.7 Å². The fourth-order valence-corrected chi connectivity index (χ4v) is 3.10. The van der Waals surface area contributed by atoms with E-state index in [2.05, 4.69) is 12.2 Å². The lowest BCUT2D eigenvalue weighted by atomic mass is 9.94. The summed E-state index contributed by atoms with van der Waals surface area (Å²) in [4.78, 5) is 11.6. The summed E-state index contributed by atoms with van der Waals surface area (Å²) in [7, 11) is 0. The SMILES string of the molecule is CC(CO)CSC(C)CC(C)(NC(C)C)C(N)=O. The van der Waals surface area contributed by atoms with E-state index in [-0.39, 0.29) is 24.5 Å². The van der Waals surface area contributed by atoms with E-state index in [1.807, 2.05) is 27.7 Å². The van der Waals surface area contributed by atoms with E-state index in [9.17, 15) is 4.79 Å². The van der Waals surface area contributed by atoms with Gasteiger partial charge >= 0.3 is 0 Å². The van der Waals surface area contributed by atoms with Crippen LogP contribution in [0.3, 0.4) is 0 Å². The minimum absolute atomic E-state index is 0.205. The van der Waals surface area contributed by atoms with Gasteiger partial charge in [-0.2, -0.15) is 11.8 Å². The number of nitrogens with one attached hydrogen (secondary N) is 1. The number of aliphatic hydroxyl groups excluding tert-OH is 1. The number of nitrogens with two attached hydrogens (primary N) is 1. The summed E-state index contributed by atoms with van der Waals surface area (Å²) >= 11 is 1.77. The van der Waals surface area contributed by atoms with Gasteiger partial charge in [-0.3, -0.25) is 4.79 Å². The molecule has 0 radical (unpaired) electrons. The topological polar surface area (TPSA) is 75.3 Å². The number of hydrogen-bond donors (Lipinski definition) is 3. The van der Waals surface area contributed by atoms with Gasteiger partial charge in [0.15, 0.2) is 0 Å². The first-order valence-corrected chi connectivity index (χ1v) is 7.56. The maximum absolute atomic E-state index is 11.6. The van der Waals surface area contributed by atoms with Crippen LogP contribution in [-0.2, 0) is 4.79 Å². The summed E-state index contributed by atoms with van der Waals surface area (Å²) in [6.07, 6.45) is 0.698. The van der Waals surface area contributed by atoms with Crippen LogP contribution in [0.15, 0.2) is 0 Å². The molecule has 4 nitrogen and oxygen atoms in total. The van der Waals surface area contributed by atoms with E-state index < -0.39 is 5.54 Å². The number of amides is 1. The number of carbonyl (C=O) groups is 1. The lowest BCUT2D eigenvalue weighted by Crippen LogP contribution is -2.56. The monoisotopic (exact) mass is 276 g/mol. The van der Waals surface area contributed by atoms with Crippen LogP contribution in [0.2, 0.25) is 0 Å². The van der Waals surface area contributed by atoms with Crippen LogP contribution < -0.4 is 11.1 Å². The third-order valence-corrected chi connectivity index (χ3v) is 4.32. The van der Waals surface area contributed by atoms with E-state index in [1.165, 1.54) is 0 Å². The van der Waals surface area contributed by atoms with Crippen molar-refractivity contribution in [2.45, 2.75) is 57.9 Å².